The molecule has 1 unspecified atom stereocenters. The molecule has 2 rings (SSSR count). The van der Waals surface area contributed by atoms with E-state index >= 15 is 0 Å². The Morgan fingerprint density at radius 3 is 2.75 bits per heavy atom. The van der Waals surface area contributed by atoms with Crippen molar-refractivity contribution in [1.29, 1.82) is 5.26 Å². The number of rotatable bonds is 2. The van der Waals surface area contributed by atoms with Crippen molar-refractivity contribution in [3.05, 3.63) is 29.0 Å². The minimum atomic E-state index is -1.08. The fraction of sp³-hybridized carbons (Fsp3) is 0.400. The lowest BCUT2D eigenvalue weighted by molar-refractivity contribution is -0.379. The number of hydrogen-bond acceptors (Lipinski definition) is 2. The monoisotopic (exact) mass is 256 g/mol. The van der Waals surface area contributed by atoms with E-state index in [4.69, 9.17) is 16.9 Å². The van der Waals surface area contributed by atoms with Gasteiger partial charge in [-0.3, -0.25) is 0 Å². The lowest BCUT2D eigenvalue weighted by Crippen LogP contribution is -2.20. The summed E-state index contributed by atoms with van der Waals surface area (Å²) in [6, 6.07) is 3.57. The lowest BCUT2D eigenvalue weighted by atomic mass is 10.2. The number of pyridine rings is 1. The van der Waals surface area contributed by atoms with Crippen LogP contribution in [0.1, 0.15) is 18.4 Å². The zero-order valence-corrected chi connectivity index (χ0v) is 10.3. The summed E-state index contributed by atoms with van der Waals surface area (Å²) < 4.78 is 11.1. The second-order valence-corrected chi connectivity index (χ2v) is 5.97. The molecule has 0 spiro atoms. The summed E-state index contributed by atoms with van der Waals surface area (Å²) in [6.45, 7) is 0. The van der Waals surface area contributed by atoms with Crippen molar-refractivity contribution >= 4 is 22.6 Å². The third-order valence-electron chi connectivity index (χ3n) is 2.71. The largest absolute Gasteiger partial charge is 0.467 e. The molecule has 6 heteroatoms. The van der Waals surface area contributed by atoms with Crippen LogP contribution >= 0.6 is 11.6 Å². The molecule has 1 fully saturated rings. The van der Waals surface area contributed by atoms with Gasteiger partial charge in [-0.2, -0.15) is 0 Å². The van der Waals surface area contributed by atoms with E-state index in [1.54, 1.807) is 19.3 Å². The van der Waals surface area contributed by atoms with E-state index in [0.717, 1.165) is 18.4 Å². The van der Waals surface area contributed by atoms with Gasteiger partial charge >= 0.3 is 6.19 Å². The number of aromatic nitrogens is 1. The van der Waals surface area contributed by atoms with Crippen molar-refractivity contribution < 1.29 is 8.50 Å². The van der Waals surface area contributed by atoms with Gasteiger partial charge in [-0.15, -0.1) is 3.95 Å². The smallest absolute Gasteiger partial charge is 0.305 e. The van der Waals surface area contributed by atoms with Gasteiger partial charge in [-0.05, 0) is 24.5 Å². The topological polar surface area (TPSA) is 59.9 Å². The molecule has 1 aliphatic rings. The zero-order chi connectivity index (χ0) is 11.8. The second kappa shape index (κ2) is 4.13. The SMILES string of the molecule is C[N+](C#N)=S(O)C1(c2ccc(Cl)nc2)CC1. The first-order chi connectivity index (χ1) is 7.60. The summed E-state index contributed by atoms with van der Waals surface area (Å²) in [5, 5.41) is 9.21. The van der Waals surface area contributed by atoms with Gasteiger partial charge in [0.15, 0.2) is 5.26 Å². The first kappa shape index (κ1) is 11.5. The molecule has 1 saturated carbocycles. The minimum Gasteiger partial charge on any atom is -0.305 e. The summed E-state index contributed by atoms with van der Waals surface area (Å²) >= 11 is 5.72. The molecule has 4 nitrogen and oxygen atoms in total. The molecule has 1 heterocycles. The molecule has 0 aliphatic heterocycles. The Hall–Kier alpha value is -0.960. The van der Waals surface area contributed by atoms with Crippen LogP contribution in [0.25, 0.3) is 0 Å². The highest BCUT2D eigenvalue weighted by Crippen LogP contribution is 2.50. The molecule has 1 aliphatic carbocycles. The van der Waals surface area contributed by atoms with E-state index in [1.807, 2.05) is 12.3 Å². The van der Waals surface area contributed by atoms with E-state index in [1.165, 1.54) is 3.95 Å². The van der Waals surface area contributed by atoms with Crippen molar-refractivity contribution in [2.75, 3.05) is 7.05 Å². The maximum Gasteiger partial charge on any atom is 0.467 e. The van der Waals surface area contributed by atoms with Crippen LogP contribution in [-0.2, 0) is 15.7 Å². The third kappa shape index (κ3) is 1.84. The van der Waals surface area contributed by atoms with E-state index in [0.29, 0.717) is 5.15 Å². The van der Waals surface area contributed by atoms with E-state index in [-0.39, 0.29) is 4.75 Å². The van der Waals surface area contributed by atoms with Crippen molar-refractivity contribution in [2.24, 2.45) is 0 Å². The van der Waals surface area contributed by atoms with Crippen LogP contribution in [0, 0.1) is 11.5 Å². The van der Waals surface area contributed by atoms with Crippen LogP contribution in [0.3, 0.4) is 0 Å². The van der Waals surface area contributed by atoms with Crippen molar-refractivity contribution in [2.45, 2.75) is 17.6 Å². The van der Waals surface area contributed by atoms with E-state index in [2.05, 4.69) is 4.98 Å². The van der Waals surface area contributed by atoms with Crippen molar-refractivity contribution in [3.63, 3.8) is 0 Å². The molecule has 1 aromatic rings. The van der Waals surface area contributed by atoms with Crippen LogP contribution in [-0.4, -0.2) is 20.5 Å². The number of halogens is 1. The molecule has 0 bridgehead atoms. The Bertz CT molecular complexity index is 488. The standard InChI is InChI=1S/C10H10ClN3OS/c1-14(7-12)16(15)10(4-5-10)8-2-3-9(11)13-6-8/h2-3,6H,4-5H2,1H3/p+1. The zero-order valence-electron chi connectivity index (χ0n) is 8.72. The molecule has 84 valence electrons. The molecule has 0 amide bonds. The maximum atomic E-state index is 10.1. The van der Waals surface area contributed by atoms with E-state index < -0.39 is 11.0 Å². The highest BCUT2D eigenvalue weighted by Gasteiger charge is 2.51. The first-order valence-corrected chi connectivity index (χ1v) is 6.31. The van der Waals surface area contributed by atoms with Crippen LogP contribution in [0.15, 0.2) is 18.3 Å². The van der Waals surface area contributed by atoms with Gasteiger partial charge in [0, 0.05) is 6.20 Å². The summed E-state index contributed by atoms with van der Waals surface area (Å²) in [4.78, 5) is 4.01. The van der Waals surface area contributed by atoms with Gasteiger partial charge in [0.1, 0.15) is 16.1 Å². The van der Waals surface area contributed by atoms with E-state index in [9.17, 15) is 4.55 Å². The van der Waals surface area contributed by atoms with Gasteiger partial charge in [0.25, 0.3) is 0 Å². The number of nitriles is 1. The molecule has 0 radical (unpaired) electrons. The Labute approximate surface area is 101 Å². The molecule has 1 aromatic heterocycles. The summed E-state index contributed by atoms with van der Waals surface area (Å²) in [5.41, 5.74) is 0.949. The van der Waals surface area contributed by atoms with Gasteiger partial charge < -0.3 is 4.55 Å². The Morgan fingerprint density at radius 1 is 1.62 bits per heavy atom. The van der Waals surface area contributed by atoms with Crippen LogP contribution < -0.4 is 0 Å². The number of nitrogens with zero attached hydrogens (tertiary/aromatic N) is 3. The van der Waals surface area contributed by atoms with Crippen LogP contribution in [0.4, 0.5) is 0 Å². The summed E-state index contributed by atoms with van der Waals surface area (Å²) in [7, 11) is 0.507. The Morgan fingerprint density at radius 2 is 2.31 bits per heavy atom. The van der Waals surface area contributed by atoms with Crippen LogP contribution in [0.5, 0.6) is 0 Å². The average Bonchev–Trinajstić information content (AvgIpc) is 3.09. The third-order valence-corrected chi connectivity index (χ3v) is 4.87. The summed E-state index contributed by atoms with van der Waals surface area (Å²) in [6.07, 6.45) is 5.37. The van der Waals surface area contributed by atoms with Gasteiger partial charge in [0.2, 0.25) is 0 Å². The predicted octanol–water partition coefficient (Wildman–Crippen LogP) is 2.12. The molecule has 1 atom stereocenters. The van der Waals surface area contributed by atoms with Gasteiger partial charge in [-0.25, -0.2) is 4.98 Å². The highest BCUT2D eigenvalue weighted by molar-refractivity contribution is 7.80. The van der Waals surface area contributed by atoms with Crippen molar-refractivity contribution in [3.8, 4) is 6.19 Å². The minimum absolute atomic E-state index is 0.317. The number of hydrogen-bond donors (Lipinski definition) is 1. The first-order valence-electron chi connectivity index (χ1n) is 4.79. The fourth-order valence-corrected chi connectivity index (χ4v) is 3.15. The normalized spacial score (nSPS) is 19.8. The fourth-order valence-electron chi connectivity index (χ4n) is 1.64. The molecular weight excluding hydrogens is 246 g/mol. The van der Waals surface area contributed by atoms with Crippen LogP contribution in [0.2, 0.25) is 5.15 Å². The molecule has 1 N–H and O–H groups in total. The molecule has 0 saturated heterocycles. The maximum absolute atomic E-state index is 10.1. The highest BCUT2D eigenvalue weighted by atomic mass is 35.5. The lowest BCUT2D eigenvalue weighted by Gasteiger charge is -2.13. The molecular formula is C10H11ClN3OS+. The Balaban J connectivity index is 2.42. The van der Waals surface area contributed by atoms with Crippen molar-refractivity contribution in [1.82, 2.24) is 4.98 Å². The summed E-state index contributed by atoms with van der Waals surface area (Å²) in [5.74, 6) is 0. The average molecular weight is 257 g/mol. The molecule has 16 heavy (non-hydrogen) atoms. The molecule has 0 aromatic carbocycles. The second-order valence-electron chi connectivity index (χ2n) is 3.73. The van der Waals surface area contributed by atoms with Gasteiger partial charge in [0.05, 0.1) is 11.8 Å². The predicted molar refractivity (Wildman–Crippen MR) is 62.0 cm³/mol. The Kier molecular flexibility index (Phi) is 2.98. The quantitative estimate of drug-likeness (QED) is 0.382. The van der Waals surface area contributed by atoms with Gasteiger partial charge in [-0.1, -0.05) is 17.7 Å².